The van der Waals surface area contributed by atoms with Crippen molar-refractivity contribution in [3.05, 3.63) is 23.8 Å². The molecule has 0 radical (unpaired) electrons. The lowest BCUT2D eigenvalue weighted by molar-refractivity contribution is -0.123. The second-order valence-electron chi connectivity index (χ2n) is 4.18. The second-order valence-corrected chi connectivity index (χ2v) is 4.18. The predicted octanol–water partition coefficient (Wildman–Crippen LogP) is 3.27. The number of ketones is 1. The fourth-order valence-corrected chi connectivity index (χ4v) is 1.65. The Hall–Kier alpha value is -0.850. The van der Waals surface area contributed by atoms with E-state index in [0.717, 1.165) is 19.3 Å². The highest BCUT2D eigenvalue weighted by Gasteiger charge is 2.31. The minimum Gasteiger partial charge on any atom is -0.294 e. The molecule has 1 rings (SSSR count). The molecule has 0 saturated heterocycles. The van der Waals surface area contributed by atoms with Gasteiger partial charge < -0.3 is 0 Å². The summed E-state index contributed by atoms with van der Waals surface area (Å²) in [7, 11) is 0. The van der Waals surface area contributed by atoms with E-state index in [1.807, 2.05) is 13.0 Å². The highest BCUT2D eigenvalue weighted by atomic mass is 16.1. The molecule has 0 aromatic carbocycles. The normalized spacial score (nSPS) is 29.0. The minimum atomic E-state index is -0.133. The van der Waals surface area contributed by atoms with Crippen LogP contribution < -0.4 is 0 Å². The van der Waals surface area contributed by atoms with Crippen LogP contribution in [0.25, 0.3) is 0 Å². The first-order valence-electron chi connectivity index (χ1n) is 4.91. The molecule has 72 valence electrons. The van der Waals surface area contributed by atoms with Crippen LogP contribution in [-0.4, -0.2) is 5.78 Å². The highest BCUT2D eigenvalue weighted by Crippen LogP contribution is 2.35. The summed E-state index contributed by atoms with van der Waals surface area (Å²) >= 11 is 0. The van der Waals surface area contributed by atoms with Crippen molar-refractivity contribution < 1.29 is 4.79 Å². The van der Waals surface area contributed by atoms with E-state index < -0.39 is 0 Å². The standard InChI is InChI=1S/C12H18O/c1-4-5-11(13)12(3)8-6-10(2)7-9-12/h4-6H,7-9H2,1-3H3. The maximum absolute atomic E-state index is 11.7. The van der Waals surface area contributed by atoms with Gasteiger partial charge in [0.1, 0.15) is 0 Å². The lowest BCUT2D eigenvalue weighted by Crippen LogP contribution is -2.27. The van der Waals surface area contributed by atoms with E-state index in [9.17, 15) is 4.79 Å². The molecule has 0 spiro atoms. The molecule has 0 aromatic heterocycles. The summed E-state index contributed by atoms with van der Waals surface area (Å²) in [6, 6.07) is 0. The number of hydrogen-bond donors (Lipinski definition) is 0. The molecule has 0 heterocycles. The zero-order valence-electron chi connectivity index (χ0n) is 8.76. The highest BCUT2D eigenvalue weighted by molar-refractivity contribution is 5.94. The van der Waals surface area contributed by atoms with Crippen molar-refractivity contribution in [1.82, 2.24) is 0 Å². The number of carbonyl (C=O) groups is 1. The smallest absolute Gasteiger partial charge is 0.161 e. The summed E-state index contributed by atoms with van der Waals surface area (Å²) in [5.41, 5.74) is 1.29. The van der Waals surface area contributed by atoms with E-state index in [0.29, 0.717) is 0 Å². The molecule has 1 aliphatic rings. The predicted molar refractivity (Wildman–Crippen MR) is 55.5 cm³/mol. The van der Waals surface area contributed by atoms with Gasteiger partial charge in [0.15, 0.2) is 5.78 Å². The SMILES string of the molecule is CC=CC(=O)C1(C)CC=C(C)CC1. The first-order valence-corrected chi connectivity index (χ1v) is 4.91. The molecule has 1 heteroatoms. The Labute approximate surface area is 80.5 Å². The average molecular weight is 178 g/mol. The van der Waals surface area contributed by atoms with Crippen LogP contribution in [0.2, 0.25) is 0 Å². The third-order valence-electron chi connectivity index (χ3n) is 2.89. The molecule has 13 heavy (non-hydrogen) atoms. The molecule has 1 unspecified atom stereocenters. The summed E-state index contributed by atoms with van der Waals surface area (Å²) < 4.78 is 0. The largest absolute Gasteiger partial charge is 0.294 e. The van der Waals surface area contributed by atoms with Crippen molar-refractivity contribution in [2.75, 3.05) is 0 Å². The third kappa shape index (κ3) is 2.30. The van der Waals surface area contributed by atoms with Crippen LogP contribution in [-0.2, 0) is 4.79 Å². The molecule has 0 saturated carbocycles. The average Bonchev–Trinajstić information content (AvgIpc) is 2.11. The summed E-state index contributed by atoms with van der Waals surface area (Å²) in [5, 5.41) is 0. The van der Waals surface area contributed by atoms with Crippen LogP contribution >= 0.6 is 0 Å². The van der Waals surface area contributed by atoms with Crippen LogP contribution in [0.15, 0.2) is 23.8 Å². The summed E-state index contributed by atoms with van der Waals surface area (Å²) in [4.78, 5) is 11.7. The van der Waals surface area contributed by atoms with Gasteiger partial charge in [-0.3, -0.25) is 4.79 Å². The monoisotopic (exact) mass is 178 g/mol. The summed E-state index contributed by atoms with van der Waals surface area (Å²) in [5.74, 6) is 0.277. The van der Waals surface area contributed by atoms with Crippen LogP contribution in [0.3, 0.4) is 0 Å². The molecule has 1 nitrogen and oxygen atoms in total. The van der Waals surface area contributed by atoms with Crippen LogP contribution in [0.5, 0.6) is 0 Å². The van der Waals surface area contributed by atoms with Crippen LogP contribution in [0, 0.1) is 5.41 Å². The molecular weight excluding hydrogens is 160 g/mol. The fourth-order valence-electron chi connectivity index (χ4n) is 1.65. The third-order valence-corrected chi connectivity index (χ3v) is 2.89. The second kappa shape index (κ2) is 3.91. The quantitative estimate of drug-likeness (QED) is 0.468. The molecular formula is C12H18O. The van der Waals surface area contributed by atoms with Gasteiger partial charge in [0.05, 0.1) is 0 Å². The molecule has 1 aliphatic carbocycles. The first kappa shape index (κ1) is 10.2. The zero-order chi connectivity index (χ0) is 9.90. The van der Waals surface area contributed by atoms with Crippen molar-refractivity contribution in [3.63, 3.8) is 0 Å². The summed E-state index contributed by atoms with van der Waals surface area (Å²) in [6.45, 7) is 6.10. The number of hydrogen-bond acceptors (Lipinski definition) is 1. The van der Waals surface area contributed by atoms with E-state index in [-0.39, 0.29) is 11.2 Å². The number of rotatable bonds is 2. The molecule has 1 atom stereocenters. The lowest BCUT2D eigenvalue weighted by atomic mass is 9.73. The Morgan fingerprint density at radius 2 is 2.31 bits per heavy atom. The molecule has 0 amide bonds. The van der Waals surface area contributed by atoms with Gasteiger partial charge in [-0.25, -0.2) is 0 Å². The van der Waals surface area contributed by atoms with E-state index in [2.05, 4.69) is 19.9 Å². The topological polar surface area (TPSA) is 17.1 Å². The summed E-state index contributed by atoms with van der Waals surface area (Å²) in [6.07, 6.45) is 8.71. The molecule has 0 aliphatic heterocycles. The van der Waals surface area contributed by atoms with Crippen molar-refractivity contribution in [3.8, 4) is 0 Å². The molecule has 0 aromatic rings. The zero-order valence-corrected chi connectivity index (χ0v) is 8.76. The van der Waals surface area contributed by atoms with Gasteiger partial charge in [-0.2, -0.15) is 0 Å². The Bertz CT molecular complexity index is 260. The van der Waals surface area contributed by atoms with Gasteiger partial charge in [-0.15, -0.1) is 0 Å². The minimum absolute atomic E-state index is 0.133. The van der Waals surface area contributed by atoms with Crippen LogP contribution in [0.1, 0.15) is 40.0 Å². The van der Waals surface area contributed by atoms with E-state index in [1.54, 1.807) is 6.08 Å². The van der Waals surface area contributed by atoms with Gasteiger partial charge in [0.25, 0.3) is 0 Å². The van der Waals surface area contributed by atoms with Crippen molar-refractivity contribution >= 4 is 5.78 Å². The van der Waals surface area contributed by atoms with Gasteiger partial charge in [0, 0.05) is 5.41 Å². The maximum Gasteiger partial charge on any atom is 0.161 e. The Morgan fingerprint density at radius 1 is 1.62 bits per heavy atom. The van der Waals surface area contributed by atoms with Crippen molar-refractivity contribution in [2.45, 2.75) is 40.0 Å². The Balaban J connectivity index is 2.73. The molecule has 0 fully saturated rings. The fraction of sp³-hybridized carbons (Fsp3) is 0.583. The van der Waals surface area contributed by atoms with Gasteiger partial charge >= 0.3 is 0 Å². The van der Waals surface area contributed by atoms with Crippen molar-refractivity contribution in [2.24, 2.45) is 5.41 Å². The van der Waals surface area contributed by atoms with Crippen molar-refractivity contribution in [1.29, 1.82) is 0 Å². The van der Waals surface area contributed by atoms with Gasteiger partial charge in [-0.1, -0.05) is 24.6 Å². The number of allylic oxidation sites excluding steroid dienone is 4. The molecule has 0 N–H and O–H groups in total. The van der Waals surface area contributed by atoms with E-state index in [4.69, 9.17) is 0 Å². The van der Waals surface area contributed by atoms with Gasteiger partial charge in [-0.05, 0) is 39.2 Å². The first-order chi connectivity index (χ1) is 6.08. The van der Waals surface area contributed by atoms with Gasteiger partial charge in [0.2, 0.25) is 0 Å². The van der Waals surface area contributed by atoms with E-state index >= 15 is 0 Å². The maximum atomic E-state index is 11.7. The lowest BCUT2D eigenvalue weighted by Gasteiger charge is -2.29. The van der Waals surface area contributed by atoms with E-state index in [1.165, 1.54) is 5.57 Å². The molecule has 0 bridgehead atoms. The van der Waals surface area contributed by atoms with Crippen LogP contribution in [0.4, 0.5) is 0 Å². The Kier molecular flexibility index (Phi) is 3.07. The Morgan fingerprint density at radius 3 is 2.77 bits per heavy atom. The number of carbonyl (C=O) groups excluding carboxylic acids is 1.